The van der Waals surface area contributed by atoms with E-state index in [9.17, 15) is 0 Å². The minimum absolute atomic E-state index is 0.718. The molecular formula is C13H22N2O. The van der Waals surface area contributed by atoms with Crippen molar-refractivity contribution in [3.63, 3.8) is 0 Å². The van der Waals surface area contributed by atoms with Gasteiger partial charge in [-0.2, -0.15) is 0 Å². The standard InChI is InChI=1S/C13H22N2O/c1-3-9-15(10-8-14)11-12-4-6-13(16-2)7-5-12/h4-7H,3,8-11,14H2,1-2H3. The first-order chi connectivity index (χ1) is 7.80. The highest BCUT2D eigenvalue weighted by Gasteiger charge is 2.03. The van der Waals surface area contributed by atoms with Gasteiger partial charge in [0.05, 0.1) is 7.11 Å². The van der Waals surface area contributed by atoms with E-state index in [1.165, 1.54) is 5.56 Å². The lowest BCUT2D eigenvalue weighted by molar-refractivity contribution is 0.273. The van der Waals surface area contributed by atoms with E-state index >= 15 is 0 Å². The highest BCUT2D eigenvalue weighted by Crippen LogP contribution is 2.12. The van der Waals surface area contributed by atoms with Crippen LogP contribution in [0, 0.1) is 0 Å². The smallest absolute Gasteiger partial charge is 0.118 e. The maximum absolute atomic E-state index is 5.60. The summed E-state index contributed by atoms with van der Waals surface area (Å²) in [6.45, 7) is 5.94. The van der Waals surface area contributed by atoms with Crippen LogP contribution >= 0.6 is 0 Å². The molecule has 0 spiro atoms. The Morgan fingerprint density at radius 1 is 1.19 bits per heavy atom. The number of nitrogens with zero attached hydrogens (tertiary/aromatic N) is 1. The summed E-state index contributed by atoms with van der Waals surface area (Å²) in [5, 5.41) is 0. The minimum atomic E-state index is 0.718. The Labute approximate surface area is 98.2 Å². The Balaban J connectivity index is 2.54. The fourth-order valence-corrected chi connectivity index (χ4v) is 1.76. The number of nitrogens with two attached hydrogens (primary N) is 1. The normalized spacial score (nSPS) is 10.8. The van der Waals surface area contributed by atoms with Gasteiger partial charge < -0.3 is 10.5 Å². The number of rotatable bonds is 7. The van der Waals surface area contributed by atoms with Crippen LogP contribution in [0.4, 0.5) is 0 Å². The number of methoxy groups -OCH3 is 1. The number of ether oxygens (including phenoxy) is 1. The van der Waals surface area contributed by atoms with Gasteiger partial charge in [-0.05, 0) is 30.7 Å². The van der Waals surface area contributed by atoms with Crippen molar-refractivity contribution >= 4 is 0 Å². The van der Waals surface area contributed by atoms with Crippen LogP contribution in [0.25, 0.3) is 0 Å². The molecule has 16 heavy (non-hydrogen) atoms. The highest BCUT2D eigenvalue weighted by molar-refractivity contribution is 5.27. The molecule has 0 atom stereocenters. The lowest BCUT2D eigenvalue weighted by Gasteiger charge is -2.20. The van der Waals surface area contributed by atoms with Gasteiger partial charge in [0.1, 0.15) is 5.75 Å². The maximum Gasteiger partial charge on any atom is 0.118 e. The summed E-state index contributed by atoms with van der Waals surface area (Å²) in [4.78, 5) is 2.38. The molecule has 0 aliphatic carbocycles. The third-order valence-corrected chi connectivity index (χ3v) is 2.55. The largest absolute Gasteiger partial charge is 0.497 e. The fourth-order valence-electron chi connectivity index (χ4n) is 1.76. The molecule has 0 saturated carbocycles. The Bertz CT molecular complexity index is 278. The quantitative estimate of drug-likeness (QED) is 0.765. The second kappa shape index (κ2) is 7.25. The molecule has 90 valence electrons. The van der Waals surface area contributed by atoms with E-state index in [0.29, 0.717) is 0 Å². The highest BCUT2D eigenvalue weighted by atomic mass is 16.5. The SMILES string of the molecule is CCCN(CCN)Cc1ccc(OC)cc1. The third-order valence-electron chi connectivity index (χ3n) is 2.55. The molecule has 0 saturated heterocycles. The van der Waals surface area contributed by atoms with Gasteiger partial charge in [-0.3, -0.25) is 4.90 Å². The first-order valence-electron chi connectivity index (χ1n) is 5.85. The van der Waals surface area contributed by atoms with Crippen molar-refractivity contribution < 1.29 is 4.74 Å². The average molecular weight is 222 g/mol. The van der Waals surface area contributed by atoms with Crippen molar-refractivity contribution in [2.75, 3.05) is 26.7 Å². The molecule has 0 aromatic heterocycles. The molecule has 0 unspecified atom stereocenters. The molecule has 0 radical (unpaired) electrons. The predicted molar refractivity (Wildman–Crippen MR) is 67.6 cm³/mol. The molecule has 0 bridgehead atoms. The minimum Gasteiger partial charge on any atom is -0.497 e. The van der Waals surface area contributed by atoms with Crippen molar-refractivity contribution in [3.8, 4) is 5.75 Å². The molecular weight excluding hydrogens is 200 g/mol. The summed E-state index contributed by atoms with van der Waals surface area (Å²) >= 11 is 0. The average Bonchev–Trinajstić information content (AvgIpc) is 2.31. The zero-order chi connectivity index (χ0) is 11.8. The first kappa shape index (κ1) is 13.0. The summed E-state index contributed by atoms with van der Waals surface area (Å²) in [6.07, 6.45) is 1.16. The number of hydrogen-bond donors (Lipinski definition) is 1. The second-order valence-electron chi connectivity index (χ2n) is 3.91. The monoisotopic (exact) mass is 222 g/mol. The van der Waals surface area contributed by atoms with Crippen LogP contribution in [0.3, 0.4) is 0 Å². The topological polar surface area (TPSA) is 38.5 Å². The van der Waals surface area contributed by atoms with E-state index in [2.05, 4.69) is 24.0 Å². The summed E-state index contributed by atoms with van der Waals surface area (Å²) in [6, 6.07) is 8.22. The van der Waals surface area contributed by atoms with Gasteiger partial charge in [0.25, 0.3) is 0 Å². The molecule has 1 rings (SSSR count). The van der Waals surface area contributed by atoms with Crippen LogP contribution in [0.2, 0.25) is 0 Å². The van der Waals surface area contributed by atoms with Crippen molar-refractivity contribution in [3.05, 3.63) is 29.8 Å². The summed E-state index contributed by atoms with van der Waals surface area (Å²) in [5.41, 5.74) is 6.91. The van der Waals surface area contributed by atoms with E-state index in [0.717, 1.165) is 38.3 Å². The van der Waals surface area contributed by atoms with Gasteiger partial charge >= 0.3 is 0 Å². The Morgan fingerprint density at radius 3 is 2.38 bits per heavy atom. The Morgan fingerprint density at radius 2 is 1.88 bits per heavy atom. The number of hydrogen-bond acceptors (Lipinski definition) is 3. The van der Waals surface area contributed by atoms with Crippen LogP contribution < -0.4 is 10.5 Å². The molecule has 3 nitrogen and oxygen atoms in total. The molecule has 0 aliphatic heterocycles. The van der Waals surface area contributed by atoms with E-state index < -0.39 is 0 Å². The van der Waals surface area contributed by atoms with Crippen LogP contribution in [-0.2, 0) is 6.54 Å². The van der Waals surface area contributed by atoms with E-state index in [1.54, 1.807) is 7.11 Å². The molecule has 1 aromatic rings. The molecule has 0 fully saturated rings. The molecule has 2 N–H and O–H groups in total. The molecule has 3 heteroatoms. The van der Waals surface area contributed by atoms with E-state index in [4.69, 9.17) is 10.5 Å². The maximum atomic E-state index is 5.60. The van der Waals surface area contributed by atoms with Gasteiger partial charge in [-0.25, -0.2) is 0 Å². The zero-order valence-electron chi connectivity index (χ0n) is 10.3. The molecule has 0 heterocycles. The number of benzene rings is 1. The molecule has 0 amide bonds. The van der Waals surface area contributed by atoms with Crippen molar-refractivity contribution in [1.82, 2.24) is 4.90 Å². The van der Waals surface area contributed by atoms with Crippen molar-refractivity contribution in [1.29, 1.82) is 0 Å². The Kier molecular flexibility index (Phi) is 5.90. The van der Waals surface area contributed by atoms with Gasteiger partial charge in [-0.15, -0.1) is 0 Å². The zero-order valence-corrected chi connectivity index (χ0v) is 10.3. The fraction of sp³-hybridized carbons (Fsp3) is 0.538. The summed E-state index contributed by atoms with van der Waals surface area (Å²) < 4.78 is 5.14. The van der Waals surface area contributed by atoms with Gasteiger partial charge in [0.15, 0.2) is 0 Å². The van der Waals surface area contributed by atoms with E-state index in [-0.39, 0.29) is 0 Å². The van der Waals surface area contributed by atoms with Crippen molar-refractivity contribution in [2.24, 2.45) is 5.73 Å². The summed E-state index contributed by atoms with van der Waals surface area (Å²) in [5.74, 6) is 0.907. The predicted octanol–water partition coefficient (Wildman–Crippen LogP) is 1.87. The van der Waals surface area contributed by atoms with Crippen LogP contribution in [-0.4, -0.2) is 31.6 Å². The lowest BCUT2D eigenvalue weighted by atomic mass is 10.2. The molecule has 0 aliphatic rings. The van der Waals surface area contributed by atoms with Crippen LogP contribution in [0.15, 0.2) is 24.3 Å². The van der Waals surface area contributed by atoms with Crippen molar-refractivity contribution in [2.45, 2.75) is 19.9 Å². The van der Waals surface area contributed by atoms with E-state index in [1.807, 2.05) is 12.1 Å². The van der Waals surface area contributed by atoms with Gasteiger partial charge in [0, 0.05) is 19.6 Å². The van der Waals surface area contributed by atoms with Gasteiger partial charge in [-0.1, -0.05) is 19.1 Å². The van der Waals surface area contributed by atoms with Crippen LogP contribution in [0.1, 0.15) is 18.9 Å². The second-order valence-corrected chi connectivity index (χ2v) is 3.91. The molecule has 1 aromatic carbocycles. The van der Waals surface area contributed by atoms with Gasteiger partial charge in [0.2, 0.25) is 0 Å². The lowest BCUT2D eigenvalue weighted by Crippen LogP contribution is -2.29. The Hall–Kier alpha value is -1.06. The first-order valence-corrected chi connectivity index (χ1v) is 5.85. The summed E-state index contributed by atoms with van der Waals surface area (Å²) in [7, 11) is 1.69. The van der Waals surface area contributed by atoms with Crippen LogP contribution in [0.5, 0.6) is 5.75 Å². The third kappa shape index (κ3) is 4.21.